The molecule has 0 unspecified atom stereocenters. The minimum atomic E-state index is -0.271. The predicted octanol–water partition coefficient (Wildman–Crippen LogP) is 2.22. The fraction of sp³-hybridized carbons (Fsp3) is 0.133. The van der Waals surface area contributed by atoms with E-state index in [-0.39, 0.29) is 6.03 Å². The van der Waals surface area contributed by atoms with Crippen molar-refractivity contribution < 1.29 is 9.32 Å². The van der Waals surface area contributed by atoms with E-state index in [4.69, 9.17) is 4.52 Å². The van der Waals surface area contributed by atoms with Gasteiger partial charge < -0.3 is 15.2 Å². The van der Waals surface area contributed by atoms with Crippen molar-refractivity contribution in [2.24, 2.45) is 0 Å². The number of hydrogen-bond acceptors (Lipinski definition) is 4. The van der Waals surface area contributed by atoms with Crippen LogP contribution in [0, 0.1) is 0 Å². The van der Waals surface area contributed by atoms with Crippen molar-refractivity contribution in [2.45, 2.75) is 13.1 Å². The van der Waals surface area contributed by atoms with Gasteiger partial charge in [-0.2, -0.15) is 0 Å². The quantitative estimate of drug-likeness (QED) is 0.769. The van der Waals surface area contributed by atoms with Crippen molar-refractivity contribution in [3.63, 3.8) is 0 Å². The molecule has 0 spiro atoms. The van der Waals surface area contributed by atoms with E-state index in [1.54, 1.807) is 6.20 Å². The van der Waals surface area contributed by atoms with Gasteiger partial charge in [0.05, 0.1) is 18.8 Å². The molecule has 0 aliphatic heterocycles. The van der Waals surface area contributed by atoms with E-state index in [9.17, 15) is 4.79 Å². The van der Waals surface area contributed by atoms with Crippen LogP contribution < -0.4 is 10.6 Å². The Labute approximate surface area is 121 Å². The highest BCUT2D eigenvalue weighted by atomic mass is 16.5. The largest absolute Gasteiger partial charge is 0.356 e. The molecule has 2 aromatic heterocycles. The first-order valence-electron chi connectivity index (χ1n) is 6.58. The molecule has 0 saturated heterocycles. The number of fused-ring (bicyclic) bond motifs is 1. The summed E-state index contributed by atoms with van der Waals surface area (Å²) in [7, 11) is 0. The van der Waals surface area contributed by atoms with Crippen molar-refractivity contribution in [3.8, 4) is 0 Å². The summed E-state index contributed by atoms with van der Waals surface area (Å²) in [6.07, 6.45) is 1.69. The monoisotopic (exact) mass is 282 g/mol. The minimum Gasteiger partial charge on any atom is -0.356 e. The molecule has 2 amide bonds. The van der Waals surface area contributed by atoms with E-state index in [0.29, 0.717) is 24.4 Å². The Bertz CT molecular complexity index is 740. The van der Waals surface area contributed by atoms with Crippen molar-refractivity contribution in [3.05, 3.63) is 60.0 Å². The van der Waals surface area contributed by atoms with Crippen molar-refractivity contribution in [2.75, 3.05) is 0 Å². The van der Waals surface area contributed by atoms with Gasteiger partial charge in [0.15, 0.2) is 5.58 Å². The van der Waals surface area contributed by atoms with Crippen LogP contribution in [0.5, 0.6) is 0 Å². The molecule has 3 rings (SSSR count). The zero-order valence-electron chi connectivity index (χ0n) is 11.2. The Kier molecular flexibility index (Phi) is 3.77. The third-order valence-electron chi connectivity index (χ3n) is 3.02. The zero-order chi connectivity index (χ0) is 14.5. The lowest BCUT2D eigenvalue weighted by Crippen LogP contribution is -2.34. The molecule has 0 radical (unpaired) electrons. The fourth-order valence-electron chi connectivity index (χ4n) is 1.97. The normalized spacial score (nSPS) is 10.5. The molecule has 21 heavy (non-hydrogen) atoms. The van der Waals surface area contributed by atoms with E-state index in [1.807, 2.05) is 42.5 Å². The highest BCUT2D eigenvalue weighted by Crippen LogP contribution is 2.17. The molecule has 1 aromatic carbocycles. The highest BCUT2D eigenvalue weighted by molar-refractivity contribution is 5.80. The van der Waals surface area contributed by atoms with Crippen molar-refractivity contribution in [1.82, 2.24) is 20.8 Å². The Morgan fingerprint density at radius 3 is 2.71 bits per heavy atom. The number of para-hydroxylation sites is 1. The lowest BCUT2D eigenvalue weighted by Gasteiger charge is -2.05. The third kappa shape index (κ3) is 3.17. The predicted molar refractivity (Wildman–Crippen MR) is 77.3 cm³/mol. The second kappa shape index (κ2) is 6.04. The molecule has 3 aromatic rings. The minimum absolute atomic E-state index is 0.271. The molecule has 0 bridgehead atoms. The van der Waals surface area contributed by atoms with Crippen LogP contribution in [0.25, 0.3) is 11.0 Å². The van der Waals surface area contributed by atoms with Gasteiger partial charge in [0.1, 0.15) is 5.69 Å². The van der Waals surface area contributed by atoms with Crippen LogP contribution in [0.3, 0.4) is 0 Å². The Morgan fingerprint density at radius 2 is 1.86 bits per heavy atom. The van der Waals surface area contributed by atoms with Gasteiger partial charge in [-0.25, -0.2) is 4.79 Å². The SMILES string of the molecule is O=C(NCc1ccccn1)NCc1noc2ccccc12. The lowest BCUT2D eigenvalue weighted by molar-refractivity contribution is 0.239. The van der Waals surface area contributed by atoms with Crippen molar-refractivity contribution >= 4 is 17.0 Å². The van der Waals surface area contributed by atoms with Crippen LogP contribution in [0.4, 0.5) is 4.79 Å². The van der Waals surface area contributed by atoms with Gasteiger partial charge in [0.25, 0.3) is 0 Å². The molecule has 0 aliphatic carbocycles. The first-order valence-corrected chi connectivity index (χ1v) is 6.58. The topological polar surface area (TPSA) is 80.0 Å². The fourth-order valence-corrected chi connectivity index (χ4v) is 1.97. The molecular weight excluding hydrogens is 268 g/mol. The molecule has 2 heterocycles. The van der Waals surface area contributed by atoms with E-state index < -0.39 is 0 Å². The van der Waals surface area contributed by atoms with Crippen LogP contribution in [-0.4, -0.2) is 16.2 Å². The van der Waals surface area contributed by atoms with Crippen LogP contribution in [0.15, 0.2) is 53.2 Å². The number of carbonyl (C=O) groups excluding carboxylic acids is 1. The summed E-state index contributed by atoms with van der Waals surface area (Å²) in [6, 6.07) is 12.8. The average molecular weight is 282 g/mol. The molecule has 6 heteroatoms. The summed E-state index contributed by atoms with van der Waals surface area (Å²) in [5.41, 5.74) is 2.22. The molecule has 0 fully saturated rings. The van der Waals surface area contributed by atoms with Crippen LogP contribution in [0.2, 0.25) is 0 Å². The number of rotatable bonds is 4. The Hall–Kier alpha value is -2.89. The summed E-state index contributed by atoms with van der Waals surface area (Å²) in [6.45, 7) is 0.692. The highest BCUT2D eigenvalue weighted by Gasteiger charge is 2.08. The molecule has 0 aliphatic rings. The summed E-state index contributed by atoms with van der Waals surface area (Å²) < 4.78 is 5.18. The standard InChI is InChI=1S/C15H14N4O2/c20-15(17-9-11-5-3-4-8-16-11)18-10-13-12-6-1-2-7-14(12)21-19-13/h1-8H,9-10H2,(H2,17,18,20). The summed E-state index contributed by atoms with van der Waals surface area (Å²) in [5.74, 6) is 0. The van der Waals surface area contributed by atoms with Gasteiger partial charge in [-0.1, -0.05) is 23.4 Å². The smallest absolute Gasteiger partial charge is 0.315 e. The second-order valence-corrected chi connectivity index (χ2v) is 4.48. The number of nitrogens with one attached hydrogen (secondary N) is 2. The van der Waals surface area contributed by atoms with E-state index in [0.717, 1.165) is 11.1 Å². The molecule has 106 valence electrons. The number of amides is 2. The van der Waals surface area contributed by atoms with E-state index in [1.165, 1.54) is 0 Å². The zero-order valence-corrected chi connectivity index (χ0v) is 11.2. The Morgan fingerprint density at radius 1 is 1.05 bits per heavy atom. The lowest BCUT2D eigenvalue weighted by atomic mass is 10.2. The number of pyridine rings is 1. The Balaban J connectivity index is 1.54. The van der Waals surface area contributed by atoms with E-state index in [2.05, 4.69) is 20.8 Å². The maximum atomic E-state index is 11.7. The first-order chi connectivity index (χ1) is 10.3. The van der Waals surface area contributed by atoms with E-state index >= 15 is 0 Å². The summed E-state index contributed by atoms with van der Waals surface area (Å²) >= 11 is 0. The number of hydrogen-bond donors (Lipinski definition) is 2. The molecule has 0 atom stereocenters. The van der Waals surface area contributed by atoms with Crippen LogP contribution in [-0.2, 0) is 13.1 Å². The van der Waals surface area contributed by atoms with Gasteiger partial charge in [-0.3, -0.25) is 4.98 Å². The van der Waals surface area contributed by atoms with Crippen molar-refractivity contribution in [1.29, 1.82) is 0 Å². The second-order valence-electron chi connectivity index (χ2n) is 4.48. The maximum absolute atomic E-state index is 11.7. The summed E-state index contributed by atoms with van der Waals surface area (Å²) in [4.78, 5) is 15.9. The number of aromatic nitrogens is 2. The maximum Gasteiger partial charge on any atom is 0.315 e. The number of benzene rings is 1. The first kappa shape index (κ1) is 13.1. The van der Waals surface area contributed by atoms with Gasteiger partial charge in [0, 0.05) is 11.6 Å². The number of urea groups is 1. The molecule has 0 saturated carbocycles. The number of nitrogens with zero attached hydrogens (tertiary/aromatic N) is 2. The van der Waals surface area contributed by atoms with Gasteiger partial charge in [-0.05, 0) is 24.3 Å². The molecule has 2 N–H and O–H groups in total. The average Bonchev–Trinajstić information content (AvgIpc) is 2.95. The summed E-state index contributed by atoms with van der Waals surface area (Å²) in [5, 5.41) is 10.3. The third-order valence-corrected chi connectivity index (χ3v) is 3.02. The molecular formula is C15H14N4O2. The van der Waals surface area contributed by atoms with Gasteiger partial charge >= 0.3 is 6.03 Å². The van der Waals surface area contributed by atoms with Crippen LogP contribution in [0.1, 0.15) is 11.4 Å². The number of carbonyl (C=O) groups is 1. The molecule has 6 nitrogen and oxygen atoms in total. The van der Waals surface area contributed by atoms with Gasteiger partial charge in [-0.15, -0.1) is 0 Å². The van der Waals surface area contributed by atoms with Gasteiger partial charge in [0.2, 0.25) is 0 Å². The van der Waals surface area contributed by atoms with Crippen LogP contribution >= 0.6 is 0 Å².